The van der Waals surface area contributed by atoms with Crippen LogP contribution in [0.5, 0.6) is 0 Å². The van der Waals surface area contributed by atoms with Gasteiger partial charge in [0.25, 0.3) is 0 Å². The molecule has 0 N–H and O–H groups in total. The van der Waals surface area contributed by atoms with E-state index in [1.54, 1.807) is 10.8 Å². The van der Waals surface area contributed by atoms with Gasteiger partial charge in [0, 0.05) is 18.5 Å². The fraction of sp³-hybridized carbons (Fsp3) is 0.583. The van der Waals surface area contributed by atoms with Gasteiger partial charge in [0.1, 0.15) is 0 Å². The molecule has 1 aliphatic carbocycles. The Morgan fingerprint density at radius 3 is 2.35 bits per heavy atom. The van der Waals surface area contributed by atoms with Crippen molar-refractivity contribution in [2.75, 3.05) is 0 Å². The standard InChI is InChI=1S/C24H35N3O3S/c1-18(2)15-27-22(16-26(19(3)4)23(28)21-12-8-9-13-21)14-25-24(27)31(29,30)17-20-10-6-5-7-11-20/h5-7,10-11,14,18-19,21H,8-9,12-13,15-17H2,1-4H3. The van der Waals surface area contributed by atoms with Crippen LogP contribution in [-0.4, -0.2) is 34.8 Å². The van der Waals surface area contributed by atoms with Gasteiger partial charge >= 0.3 is 0 Å². The van der Waals surface area contributed by atoms with Crippen molar-refractivity contribution in [3.63, 3.8) is 0 Å². The van der Waals surface area contributed by atoms with Gasteiger partial charge in [-0.05, 0) is 38.2 Å². The molecule has 1 saturated carbocycles. The fourth-order valence-corrected chi connectivity index (χ4v) is 5.78. The second-order valence-electron chi connectivity index (χ2n) is 9.32. The Balaban J connectivity index is 1.91. The number of sulfone groups is 1. The Hall–Kier alpha value is -2.15. The molecular weight excluding hydrogens is 410 g/mol. The molecule has 31 heavy (non-hydrogen) atoms. The molecule has 0 saturated heterocycles. The summed E-state index contributed by atoms with van der Waals surface area (Å²) in [6, 6.07) is 9.22. The van der Waals surface area contributed by atoms with Gasteiger partial charge < -0.3 is 9.47 Å². The second-order valence-corrected chi connectivity index (χ2v) is 11.2. The molecule has 1 amide bonds. The lowest BCUT2D eigenvalue weighted by molar-refractivity contribution is -0.137. The van der Waals surface area contributed by atoms with Gasteiger partial charge in [-0.3, -0.25) is 4.79 Å². The second kappa shape index (κ2) is 9.98. The van der Waals surface area contributed by atoms with Crippen molar-refractivity contribution in [3.05, 3.63) is 47.8 Å². The number of carbonyl (C=O) groups excluding carboxylic acids is 1. The van der Waals surface area contributed by atoms with Gasteiger partial charge in [0.2, 0.25) is 20.9 Å². The van der Waals surface area contributed by atoms with Crippen molar-refractivity contribution in [1.82, 2.24) is 14.5 Å². The predicted octanol–water partition coefficient (Wildman–Crippen LogP) is 4.44. The number of aromatic nitrogens is 2. The van der Waals surface area contributed by atoms with E-state index >= 15 is 0 Å². The smallest absolute Gasteiger partial charge is 0.228 e. The maximum atomic E-state index is 13.2. The Bertz CT molecular complexity index is 975. The number of rotatable bonds is 9. The van der Waals surface area contributed by atoms with E-state index in [9.17, 15) is 13.2 Å². The third-order valence-corrected chi connectivity index (χ3v) is 7.47. The summed E-state index contributed by atoms with van der Waals surface area (Å²) in [4.78, 5) is 19.4. The molecule has 0 unspecified atom stereocenters. The number of carbonyl (C=O) groups is 1. The van der Waals surface area contributed by atoms with Gasteiger partial charge in [-0.25, -0.2) is 13.4 Å². The van der Waals surface area contributed by atoms with E-state index in [0.29, 0.717) is 13.1 Å². The lowest BCUT2D eigenvalue weighted by Gasteiger charge is -2.30. The van der Waals surface area contributed by atoms with Crippen LogP contribution in [0.4, 0.5) is 0 Å². The first-order valence-corrected chi connectivity index (χ1v) is 13.0. The maximum Gasteiger partial charge on any atom is 0.228 e. The number of hydrogen-bond acceptors (Lipinski definition) is 4. The van der Waals surface area contributed by atoms with Gasteiger partial charge in [0.15, 0.2) is 0 Å². The molecule has 0 radical (unpaired) electrons. The van der Waals surface area contributed by atoms with E-state index in [1.807, 2.05) is 49.1 Å². The molecule has 2 aromatic rings. The molecule has 6 nitrogen and oxygen atoms in total. The number of imidazole rings is 1. The molecule has 7 heteroatoms. The first-order chi connectivity index (χ1) is 14.7. The minimum absolute atomic E-state index is 0.0416. The van der Waals surface area contributed by atoms with Gasteiger partial charge in [-0.15, -0.1) is 0 Å². The Labute approximate surface area is 186 Å². The van der Waals surface area contributed by atoms with Gasteiger partial charge in [0.05, 0.1) is 24.2 Å². The quantitative estimate of drug-likeness (QED) is 0.572. The summed E-state index contributed by atoms with van der Waals surface area (Å²) in [6.45, 7) is 9.07. The number of benzene rings is 1. The molecule has 1 heterocycles. The third kappa shape index (κ3) is 5.76. The topological polar surface area (TPSA) is 72.3 Å². The summed E-state index contributed by atoms with van der Waals surface area (Å²) in [5, 5.41) is 0.0945. The monoisotopic (exact) mass is 445 g/mol. The Morgan fingerprint density at radius 1 is 1.13 bits per heavy atom. The maximum absolute atomic E-state index is 13.2. The molecular formula is C24H35N3O3S. The summed E-state index contributed by atoms with van der Waals surface area (Å²) >= 11 is 0. The van der Waals surface area contributed by atoms with Crippen LogP contribution in [0, 0.1) is 11.8 Å². The lowest BCUT2D eigenvalue weighted by atomic mass is 10.1. The zero-order valence-electron chi connectivity index (χ0n) is 19.1. The van der Waals surface area contributed by atoms with Crippen LogP contribution >= 0.6 is 0 Å². The van der Waals surface area contributed by atoms with Gasteiger partial charge in [-0.1, -0.05) is 57.0 Å². The summed E-state index contributed by atoms with van der Waals surface area (Å²) in [5.74, 6) is 0.428. The highest BCUT2D eigenvalue weighted by Crippen LogP contribution is 2.28. The average Bonchev–Trinajstić information content (AvgIpc) is 3.36. The number of nitrogens with zero attached hydrogens (tertiary/aromatic N) is 3. The van der Waals surface area contributed by atoms with Crippen LogP contribution < -0.4 is 0 Å². The molecule has 0 atom stereocenters. The van der Waals surface area contributed by atoms with E-state index in [-0.39, 0.29) is 34.7 Å². The Morgan fingerprint density at radius 2 is 1.77 bits per heavy atom. The molecule has 0 bridgehead atoms. The zero-order chi connectivity index (χ0) is 22.6. The third-order valence-electron chi connectivity index (χ3n) is 5.87. The van der Waals surface area contributed by atoms with Crippen molar-refractivity contribution >= 4 is 15.7 Å². The first-order valence-electron chi connectivity index (χ1n) is 11.3. The molecule has 1 aromatic heterocycles. The van der Waals surface area contributed by atoms with Crippen LogP contribution in [0.1, 0.15) is 64.6 Å². The highest BCUT2D eigenvalue weighted by atomic mass is 32.2. The first kappa shape index (κ1) is 23.5. The van der Waals surface area contributed by atoms with E-state index in [0.717, 1.165) is 36.9 Å². The molecule has 3 rings (SSSR count). The predicted molar refractivity (Wildman–Crippen MR) is 122 cm³/mol. The minimum atomic E-state index is -3.61. The van der Waals surface area contributed by atoms with Crippen molar-refractivity contribution in [3.8, 4) is 0 Å². The molecule has 0 spiro atoms. The van der Waals surface area contributed by atoms with Crippen LogP contribution in [0.15, 0.2) is 41.7 Å². The van der Waals surface area contributed by atoms with E-state index in [1.165, 1.54) is 0 Å². The summed E-state index contributed by atoms with van der Waals surface area (Å²) in [7, 11) is -3.61. The van der Waals surface area contributed by atoms with Crippen LogP contribution in [-0.2, 0) is 33.5 Å². The van der Waals surface area contributed by atoms with E-state index in [2.05, 4.69) is 18.8 Å². The fourth-order valence-electron chi connectivity index (χ4n) is 4.28. The van der Waals surface area contributed by atoms with Crippen LogP contribution in [0.3, 0.4) is 0 Å². The van der Waals surface area contributed by atoms with Crippen molar-refractivity contribution < 1.29 is 13.2 Å². The highest BCUT2D eigenvalue weighted by Gasteiger charge is 2.31. The molecule has 0 aliphatic heterocycles. The largest absolute Gasteiger partial charge is 0.334 e. The van der Waals surface area contributed by atoms with Crippen molar-refractivity contribution in [2.24, 2.45) is 11.8 Å². The minimum Gasteiger partial charge on any atom is -0.334 e. The summed E-state index contributed by atoms with van der Waals surface area (Å²) in [6.07, 6.45) is 5.75. The molecule has 1 aliphatic rings. The zero-order valence-corrected chi connectivity index (χ0v) is 19.9. The van der Waals surface area contributed by atoms with E-state index in [4.69, 9.17) is 0 Å². The van der Waals surface area contributed by atoms with Gasteiger partial charge in [-0.2, -0.15) is 0 Å². The molecule has 1 fully saturated rings. The normalized spacial score (nSPS) is 15.2. The van der Waals surface area contributed by atoms with Crippen LogP contribution in [0.2, 0.25) is 0 Å². The van der Waals surface area contributed by atoms with Crippen molar-refractivity contribution in [2.45, 2.75) is 83.4 Å². The SMILES string of the molecule is CC(C)Cn1c(CN(C(=O)C2CCCC2)C(C)C)cnc1S(=O)(=O)Cc1ccccc1. The number of hydrogen-bond donors (Lipinski definition) is 0. The number of amides is 1. The highest BCUT2D eigenvalue weighted by molar-refractivity contribution is 7.90. The molecule has 170 valence electrons. The average molecular weight is 446 g/mol. The Kier molecular flexibility index (Phi) is 7.57. The lowest BCUT2D eigenvalue weighted by Crippen LogP contribution is -2.40. The van der Waals surface area contributed by atoms with Crippen LogP contribution in [0.25, 0.3) is 0 Å². The van der Waals surface area contributed by atoms with Crippen molar-refractivity contribution in [1.29, 1.82) is 0 Å². The summed E-state index contributed by atoms with van der Waals surface area (Å²) < 4.78 is 28.2. The molecule has 1 aromatic carbocycles. The summed E-state index contributed by atoms with van der Waals surface area (Å²) in [5.41, 5.74) is 1.52. The van der Waals surface area contributed by atoms with E-state index < -0.39 is 9.84 Å².